The summed E-state index contributed by atoms with van der Waals surface area (Å²) in [5, 5.41) is 8.72. The van der Waals surface area contributed by atoms with E-state index in [0.717, 1.165) is 68.9 Å². The lowest BCUT2D eigenvalue weighted by atomic mass is 10.1. The van der Waals surface area contributed by atoms with Gasteiger partial charge in [0.2, 0.25) is 0 Å². The number of rotatable bonds is 7. The molecule has 0 aliphatic carbocycles. The molecule has 2 fully saturated rings. The maximum atomic E-state index is 8.72. The van der Waals surface area contributed by atoms with Crippen LogP contribution in [0.4, 0.5) is 0 Å². The second-order valence-corrected chi connectivity index (χ2v) is 7.64. The average Bonchev–Trinajstić information content (AvgIpc) is 3.14. The molecule has 0 radical (unpaired) electrons. The summed E-state index contributed by atoms with van der Waals surface area (Å²) in [6.07, 6.45) is 3.08. The number of ether oxygens (including phenoxy) is 2. The highest BCUT2D eigenvalue weighted by Gasteiger charge is 2.20. The zero-order valence-electron chi connectivity index (χ0n) is 14.6. The van der Waals surface area contributed by atoms with E-state index >= 15 is 0 Å². The molecule has 136 valence electrons. The zero-order chi connectivity index (χ0) is 17.5. The predicted octanol–water partition coefficient (Wildman–Crippen LogP) is 3.04. The third-order valence-electron chi connectivity index (χ3n) is 4.87. The molecular weight excluding hydrogens is 382 g/mol. The van der Waals surface area contributed by atoms with E-state index in [1.54, 1.807) is 0 Å². The maximum absolute atomic E-state index is 8.72. The van der Waals surface area contributed by atoms with Crippen molar-refractivity contribution in [1.82, 2.24) is 9.80 Å². The van der Waals surface area contributed by atoms with Crippen LogP contribution in [-0.4, -0.2) is 61.8 Å². The van der Waals surface area contributed by atoms with Crippen LogP contribution in [0.15, 0.2) is 22.7 Å². The summed E-state index contributed by atoms with van der Waals surface area (Å²) in [4.78, 5) is 4.83. The van der Waals surface area contributed by atoms with Gasteiger partial charge in [-0.2, -0.15) is 5.26 Å². The molecule has 2 aliphatic rings. The van der Waals surface area contributed by atoms with Crippen molar-refractivity contribution in [3.63, 3.8) is 0 Å². The molecular formula is C19H26BrN3O2. The SMILES string of the molecule is N#CCCN1CCN(Cc2cc(Br)ccc2OCC2CCCO2)CC1. The first kappa shape index (κ1) is 18.7. The minimum Gasteiger partial charge on any atom is -0.491 e. The number of hydrogen-bond acceptors (Lipinski definition) is 5. The molecule has 1 unspecified atom stereocenters. The summed E-state index contributed by atoms with van der Waals surface area (Å²) >= 11 is 3.58. The van der Waals surface area contributed by atoms with E-state index in [2.05, 4.69) is 43.9 Å². The Morgan fingerprint density at radius 2 is 2.04 bits per heavy atom. The van der Waals surface area contributed by atoms with Crippen molar-refractivity contribution in [3.05, 3.63) is 28.2 Å². The number of piperazine rings is 1. The van der Waals surface area contributed by atoms with Crippen molar-refractivity contribution in [2.24, 2.45) is 0 Å². The minimum atomic E-state index is 0.236. The number of benzene rings is 1. The molecule has 0 aromatic heterocycles. The monoisotopic (exact) mass is 407 g/mol. The van der Waals surface area contributed by atoms with Crippen LogP contribution in [0.2, 0.25) is 0 Å². The lowest BCUT2D eigenvalue weighted by Crippen LogP contribution is -2.46. The van der Waals surface area contributed by atoms with E-state index in [0.29, 0.717) is 13.0 Å². The van der Waals surface area contributed by atoms with Crippen molar-refractivity contribution in [1.29, 1.82) is 5.26 Å². The lowest BCUT2D eigenvalue weighted by molar-refractivity contribution is 0.0669. The van der Waals surface area contributed by atoms with Gasteiger partial charge in [-0.15, -0.1) is 0 Å². The molecule has 6 heteroatoms. The molecule has 0 spiro atoms. The van der Waals surface area contributed by atoms with Crippen LogP contribution in [0.1, 0.15) is 24.8 Å². The van der Waals surface area contributed by atoms with Crippen LogP contribution >= 0.6 is 15.9 Å². The smallest absolute Gasteiger partial charge is 0.124 e. The first-order chi connectivity index (χ1) is 12.2. The molecule has 5 nitrogen and oxygen atoms in total. The molecule has 0 saturated carbocycles. The Bertz CT molecular complexity index is 591. The highest BCUT2D eigenvalue weighted by atomic mass is 79.9. The summed E-state index contributed by atoms with van der Waals surface area (Å²) in [5.74, 6) is 0.964. The van der Waals surface area contributed by atoms with E-state index in [-0.39, 0.29) is 6.10 Å². The fourth-order valence-corrected chi connectivity index (χ4v) is 3.80. The Kier molecular flexibility index (Phi) is 7.12. The van der Waals surface area contributed by atoms with Crippen molar-refractivity contribution in [3.8, 4) is 11.8 Å². The average molecular weight is 408 g/mol. The van der Waals surface area contributed by atoms with Crippen molar-refractivity contribution < 1.29 is 9.47 Å². The third-order valence-corrected chi connectivity index (χ3v) is 5.36. The van der Waals surface area contributed by atoms with Crippen molar-refractivity contribution >= 4 is 15.9 Å². The van der Waals surface area contributed by atoms with Crippen LogP contribution in [0.5, 0.6) is 5.75 Å². The first-order valence-corrected chi connectivity index (χ1v) is 9.88. The normalized spacial score (nSPS) is 22.0. The standard InChI is InChI=1S/C19H26BrN3O2/c20-17-4-5-19(25-15-18-3-1-12-24-18)16(13-17)14-23-10-8-22(9-11-23)7-2-6-21/h4-5,13,18H,1-3,7-12,14-15H2. The van der Waals surface area contributed by atoms with Gasteiger partial charge in [-0.1, -0.05) is 15.9 Å². The van der Waals surface area contributed by atoms with Crippen molar-refractivity contribution in [2.75, 3.05) is 45.9 Å². The fourth-order valence-electron chi connectivity index (χ4n) is 3.39. The van der Waals surface area contributed by atoms with Gasteiger partial charge in [-0.3, -0.25) is 9.80 Å². The van der Waals surface area contributed by atoms with E-state index in [9.17, 15) is 0 Å². The highest BCUT2D eigenvalue weighted by molar-refractivity contribution is 9.10. The minimum absolute atomic E-state index is 0.236. The molecule has 2 saturated heterocycles. The Morgan fingerprint density at radius 1 is 1.24 bits per heavy atom. The molecule has 1 atom stereocenters. The Labute approximate surface area is 158 Å². The van der Waals surface area contributed by atoms with Gasteiger partial charge >= 0.3 is 0 Å². The van der Waals surface area contributed by atoms with E-state index in [1.165, 1.54) is 5.56 Å². The maximum Gasteiger partial charge on any atom is 0.124 e. The quantitative estimate of drug-likeness (QED) is 0.694. The van der Waals surface area contributed by atoms with E-state index in [1.807, 2.05) is 6.07 Å². The van der Waals surface area contributed by atoms with Crippen LogP contribution in [-0.2, 0) is 11.3 Å². The van der Waals surface area contributed by atoms with Gasteiger partial charge < -0.3 is 9.47 Å². The second kappa shape index (κ2) is 9.54. The summed E-state index contributed by atoms with van der Waals surface area (Å²) in [7, 11) is 0. The molecule has 2 heterocycles. The predicted molar refractivity (Wildman–Crippen MR) is 101 cm³/mol. The van der Waals surface area contributed by atoms with Crippen LogP contribution in [0.3, 0.4) is 0 Å². The van der Waals surface area contributed by atoms with Gasteiger partial charge in [0.05, 0.1) is 12.2 Å². The largest absolute Gasteiger partial charge is 0.491 e. The Hall–Kier alpha value is -1.13. The molecule has 1 aromatic rings. The Balaban J connectivity index is 1.54. The lowest BCUT2D eigenvalue weighted by Gasteiger charge is -2.34. The molecule has 25 heavy (non-hydrogen) atoms. The summed E-state index contributed by atoms with van der Waals surface area (Å²) < 4.78 is 12.8. The Morgan fingerprint density at radius 3 is 2.76 bits per heavy atom. The van der Waals surface area contributed by atoms with Crippen LogP contribution < -0.4 is 4.74 Å². The number of nitrogens with zero attached hydrogens (tertiary/aromatic N) is 3. The van der Waals surface area contributed by atoms with Gasteiger partial charge in [-0.05, 0) is 31.0 Å². The van der Waals surface area contributed by atoms with Crippen LogP contribution in [0, 0.1) is 11.3 Å². The summed E-state index contributed by atoms with van der Waals surface area (Å²) in [6, 6.07) is 8.48. The zero-order valence-corrected chi connectivity index (χ0v) is 16.2. The molecule has 1 aromatic carbocycles. The summed E-state index contributed by atoms with van der Waals surface area (Å²) in [6.45, 7) is 7.40. The van der Waals surface area contributed by atoms with Crippen molar-refractivity contribution in [2.45, 2.75) is 31.9 Å². The van der Waals surface area contributed by atoms with E-state index in [4.69, 9.17) is 14.7 Å². The molecule has 0 amide bonds. The fraction of sp³-hybridized carbons (Fsp3) is 0.632. The molecule has 0 N–H and O–H groups in total. The molecule has 2 aliphatic heterocycles. The number of hydrogen-bond donors (Lipinski definition) is 0. The van der Waals surface area contributed by atoms with Crippen LogP contribution in [0.25, 0.3) is 0 Å². The van der Waals surface area contributed by atoms with E-state index < -0.39 is 0 Å². The third kappa shape index (κ3) is 5.68. The number of nitriles is 1. The summed E-state index contributed by atoms with van der Waals surface area (Å²) in [5.41, 5.74) is 1.22. The topological polar surface area (TPSA) is 48.7 Å². The highest BCUT2D eigenvalue weighted by Crippen LogP contribution is 2.26. The molecule has 3 rings (SSSR count). The second-order valence-electron chi connectivity index (χ2n) is 6.72. The van der Waals surface area contributed by atoms with Gasteiger partial charge in [0, 0.05) is 62.3 Å². The van der Waals surface area contributed by atoms with Gasteiger partial charge in [-0.25, -0.2) is 0 Å². The number of halogens is 1. The van der Waals surface area contributed by atoms with Gasteiger partial charge in [0.1, 0.15) is 12.4 Å². The molecule has 0 bridgehead atoms. The first-order valence-electron chi connectivity index (χ1n) is 9.09. The van der Waals surface area contributed by atoms with Gasteiger partial charge in [0.25, 0.3) is 0 Å². The van der Waals surface area contributed by atoms with Gasteiger partial charge in [0.15, 0.2) is 0 Å².